The summed E-state index contributed by atoms with van der Waals surface area (Å²) in [7, 11) is 0. The van der Waals surface area contributed by atoms with E-state index in [9.17, 15) is 0 Å². The first-order chi connectivity index (χ1) is 12.3. The van der Waals surface area contributed by atoms with Crippen LogP contribution in [0.5, 0.6) is 0 Å². The summed E-state index contributed by atoms with van der Waals surface area (Å²) in [4.78, 5) is 2.20. The van der Waals surface area contributed by atoms with Crippen LogP contribution < -0.4 is 11.1 Å². The molecule has 3 nitrogen and oxygen atoms in total. The van der Waals surface area contributed by atoms with Crippen molar-refractivity contribution < 1.29 is 0 Å². The lowest BCUT2D eigenvalue weighted by atomic mass is 10.1. The quantitative estimate of drug-likeness (QED) is 0.264. The van der Waals surface area contributed by atoms with Gasteiger partial charge < -0.3 is 16.0 Å². The van der Waals surface area contributed by atoms with Crippen LogP contribution in [0.15, 0.2) is 24.6 Å². The molecule has 0 saturated carbocycles. The highest BCUT2D eigenvalue weighted by molar-refractivity contribution is 4.95. The van der Waals surface area contributed by atoms with Crippen molar-refractivity contribution in [2.75, 3.05) is 0 Å². The minimum atomic E-state index is 0.0862. The summed E-state index contributed by atoms with van der Waals surface area (Å²) in [6.45, 7) is 4.32. The Labute approximate surface area is 157 Å². The second kappa shape index (κ2) is 15.3. The molecule has 0 amide bonds. The fraction of sp³-hybridized carbons (Fsp3) is 0.818. The summed E-state index contributed by atoms with van der Waals surface area (Å²) in [5.41, 5.74) is 5.96. The van der Waals surface area contributed by atoms with E-state index in [4.69, 9.17) is 5.73 Å². The fourth-order valence-corrected chi connectivity index (χ4v) is 3.50. The van der Waals surface area contributed by atoms with Gasteiger partial charge in [0.2, 0.25) is 0 Å². The number of nitrogens with two attached hydrogens (primary N) is 1. The smallest absolute Gasteiger partial charge is 0.0995 e. The summed E-state index contributed by atoms with van der Waals surface area (Å²) in [5.74, 6) is 0. The van der Waals surface area contributed by atoms with Gasteiger partial charge in [-0.3, -0.25) is 0 Å². The first-order valence-corrected chi connectivity index (χ1v) is 10.9. The summed E-state index contributed by atoms with van der Waals surface area (Å²) in [6, 6.07) is 0. The molecule has 0 aromatic carbocycles. The molecule has 2 unspecified atom stereocenters. The highest BCUT2D eigenvalue weighted by Gasteiger charge is 2.19. The van der Waals surface area contributed by atoms with Gasteiger partial charge in [0.1, 0.15) is 0 Å². The van der Waals surface area contributed by atoms with E-state index in [1.165, 1.54) is 83.5 Å². The normalized spacial score (nSPS) is 18.2. The van der Waals surface area contributed by atoms with E-state index in [1.807, 2.05) is 13.1 Å². The van der Waals surface area contributed by atoms with Crippen molar-refractivity contribution in [1.29, 1.82) is 0 Å². The fourth-order valence-electron chi connectivity index (χ4n) is 3.50. The Morgan fingerprint density at radius 3 is 2.08 bits per heavy atom. The molecule has 1 heterocycles. The number of unbranched alkanes of at least 4 members (excludes halogenated alkanes) is 11. The van der Waals surface area contributed by atoms with Gasteiger partial charge >= 0.3 is 0 Å². The number of nitrogens with zero attached hydrogens (tertiary/aromatic N) is 1. The van der Waals surface area contributed by atoms with Crippen LogP contribution in [0.4, 0.5) is 0 Å². The van der Waals surface area contributed by atoms with Crippen LogP contribution in [0.25, 0.3) is 0 Å². The summed E-state index contributed by atoms with van der Waals surface area (Å²) in [5, 5.41) is 3.38. The molecule has 0 fully saturated rings. The number of nitrogens with one attached hydrogen (secondary N) is 1. The molecular formula is C22H43N3. The second-order valence-electron chi connectivity index (χ2n) is 7.56. The Balaban J connectivity index is 1.83. The molecule has 0 aliphatic carbocycles. The first kappa shape index (κ1) is 22.1. The van der Waals surface area contributed by atoms with E-state index in [1.54, 1.807) is 0 Å². The number of rotatable bonds is 16. The summed E-state index contributed by atoms with van der Waals surface area (Å²) in [6.07, 6.45) is 28.3. The van der Waals surface area contributed by atoms with Gasteiger partial charge in [-0.15, -0.1) is 0 Å². The Hall–Kier alpha value is -0.960. The van der Waals surface area contributed by atoms with E-state index in [0.717, 1.165) is 6.42 Å². The lowest BCUT2D eigenvalue weighted by Crippen LogP contribution is -2.44. The maximum Gasteiger partial charge on any atom is 0.0995 e. The van der Waals surface area contributed by atoms with E-state index in [-0.39, 0.29) is 6.17 Å². The molecule has 25 heavy (non-hydrogen) atoms. The van der Waals surface area contributed by atoms with Gasteiger partial charge in [-0.05, 0) is 39.0 Å². The second-order valence-corrected chi connectivity index (χ2v) is 7.56. The Kier molecular flexibility index (Phi) is 13.5. The van der Waals surface area contributed by atoms with E-state index < -0.39 is 0 Å². The molecule has 3 N–H and O–H groups in total. The van der Waals surface area contributed by atoms with E-state index >= 15 is 0 Å². The zero-order chi connectivity index (χ0) is 18.2. The van der Waals surface area contributed by atoms with Crippen LogP contribution in [-0.4, -0.2) is 17.2 Å². The largest absolute Gasteiger partial charge is 0.370 e. The Bertz CT molecular complexity index is 349. The predicted molar refractivity (Wildman–Crippen MR) is 111 cm³/mol. The number of allylic oxidation sites excluding steroid dienone is 2. The molecule has 3 heteroatoms. The van der Waals surface area contributed by atoms with Crippen LogP contribution in [0.2, 0.25) is 0 Å². The molecule has 1 aliphatic rings. The third-order valence-corrected chi connectivity index (χ3v) is 5.10. The van der Waals surface area contributed by atoms with Crippen LogP contribution in [0.1, 0.15) is 104 Å². The highest BCUT2D eigenvalue weighted by atomic mass is 15.3. The van der Waals surface area contributed by atoms with Crippen LogP contribution in [0.3, 0.4) is 0 Å². The SMILES string of the molecule is CCCCCCCCCCCC/C=C/CCCC1NC=CN1C(C)N. The maximum absolute atomic E-state index is 5.96. The van der Waals surface area contributed by atoms with Crippen molar-refractivity contribution in [3.63, 3.8) is 0 Å². The van der Waals surface area contributed by atoms with Gasteiger partial charge in [0.25, 0.3) is 0 Å². The molecule has 146 valence electrons. The van der Waals surface area contributed by atoms with Gasteiger partial charge in [-0.25, -0.2) is 0 Å². The Morgan fingerprint density at radius 2 is 1.48 bits per heavy atom. The van der Waals surface area contributed by atoms with Crippen molar-refractivity contribution in [2.45, 2.75) is 116 Å². The third kappa shape index (κ3) is 11.3. The van der Waals surface area contributed by atoms with Gasteiger partial charge in [-0.2, -0.15) is 0 Å². The standard InChI is InChI=1S/C22H43N3/c1-3-4-5-6-7-8-9-10-11-12-13-14-15-16-17-18-22-24-19-20-25(22)21(2)23/h14-15,19-22,24H,3-13,16-18,23H2,1-2H3/b15-14+. The lowest BCUT2D eigenvalue weighted by Gasteiger charge is -2.28. The molecule has 0 saturated heterocycles. The average Bonchev–Trinajstić information content (AvgIpc) is 3.07. The molecule has 0 radical (unpaired) electrons. The van der Waals surface area contributed by atoms with Gasteiger partial charge in [-0.1, -0.05) is 76.9 Å². The minimum absolute atomic E-state index is 0.0862. The number of hydrogen-bond acceptors (Lipinski definition) is 3. The van der Waals surface area contributed by atoms with Crippen LogP contribution in [-0.2, 0) is 0 Å². The van der Waals surface area contributed by atoms with Gasteiger partial charge in [0.15, 0.2) is 0 Å². The van der Waals surface area contributed by atoms with Crippen LogP contribution in [0, 0.1) is 0 Å². The van der Waals surface area contributed by atoms with Crippen molar-refractivity contribution in [3.8, 4) is 0 Å². The number of hydrogen-bond donors (Lipinski definition) is 2. The van der Waals surface area contributed by atoms with E-state index in [0.29, 0.717) is 6.17 Å². The monoisotopic (exact) mass is 349 g/mol. The highest BCUT2D eigenvalue weighted by Crippen LogP contribution is 2.14. The van der Waals surface area contributed by atoms with Crippen molar-refractivity contribution >= 4 is 0 Å². The molecule has 1 rings (SSSR count). The molecule has 0 spiro atoms. The van der Waals surface area contributed by atoms with Crippen molar-refractivity contribution in [2.24, 2.45) is 5.73 Å². The average molecular weight is 350 g/mol. The molecule has 1 aliphatic heterocycles. The third-order valence-electron chi connectivity index (χ3n) is 5.10. The molecule has 0 aromatic heterocycles. The van der Waals surface area contributed by atoms with Crippen molar-refractivity contribution in [3.05, 3.63) is 24.6 Å². The predicted octanol–water partition coefficient (Wildman–Crippen LogP) is 6.03. The van der Waals surface area contributed by atoms with Gasteiger partial charge in [0, 0.05) is 12.4 Å². The van der Waals surface area contributed by atoms with E-state index in [2.05, 4.69) is 35.5 Å². The molecule has 2 atom stereocenters. The molecule has 0 bridgehead atoms. The lowest BCUT2D eigenvalue weighted by molar-refractivity contribution is 0.209. The maximum atomic E-state index is 5.96. The van der Waals surface area contributed by atoms with Crippen LogP contribution >= 0.6 is 0 Å². The Morgan fingerprint density at radius 1 is 0.920 bits per heavy atom. The molecule has 0 aromatic rings. The first-order valence-electron chi connectivity index (χ1n) is 10.9. The zero-order valence-corrected chi connectivity index (χ0v) is 16.9. The van der Waals surface area contributed by atoms with Gasteiger partial charge in [0.05, 0.1) is 12.3 Å². The van der Waals surface area contributed by atoms with Crippen molar-refractivity contribution in [1.82, 2.24) is 10.2 Å². The summed E-state index contributed by atoms with van der Waals surface area (Å²) >= 11 is 0. The summed E-state index contributed by atoms with van der Waals surface area (Å²) < 4.78 is 0. The molecular weight excluding hydrogens is 306 g/mol. The zero-order valence-electron chi connectivity index (χ0n) is 16.9. The minimum Gasteiger partial charge on any atom is -0.370 e. The topological polar surface area (TPSA) is 41.3 Å².